The third-order valence-electron chi connectivity index (χ3n) is 4.00. The summed E-state index contributed by atoms with van der Waals surface area (Å²) in [5.74, 6) is 0.239. The van der Waals surface area contributed by atoms with Crippen LogP contribution < -0.4 is 10.1 Å². The lowest BCUT2D eigenvalue weighted by Crippen LogP contribution is -2.11. The zero-order valence-corrected chi connectivity index (χ0v) is 15.9. The Hall–Kier alpha value is -2.73. The maximum absolute atomic E-state index is 13.0. The number of anilines is 1. The normalized spacial score (nSPS) is 10.6. The van der Waals surface area contributed by atoms with E-state index >= 15 is 0 Å². The lowest BCUT2D eigenvalue weighted by molar-refractivity contribution is 0.102. The third kappa shape index (κ3) is 5.37. The molecule has 140 valence electrons. The van der Waals surface area contributed by atoms with Crippen LogP contribution in [0.2, 0.25) is 0 Å². The Morgan fingerprint density at radius 1 is 1.11 bits per heavy atom. The van der Waals surface area contributed by atoms with Crippen LogP contribution in [0.15, 0.2) is 53.9 Å². The van der Waals surface area contributed by atoms with E-state index in [4.69, 9.17) is 4.74 Å². The fraction of sp³-hybridized carbons (Fsp3) is 0.238. The number of benzene rings is 2. The first-order valence-corrected chi connectivity index (χ1v) is 9.79. The van der Waals surface area contributed by atoms with Gasteiger partial charge < -0.3 is 4.74 Å². The van der Waals surface area contributed by atoms with E-state index in [1.165, 1.54) is 23.5 Å². The molecule has 2 aromatic carbocycles. The van der Waals surface area contributed by atoms with Crippen LogP contribution in [-0.4, -0.2) is 17.5 Å². The van der Waals surface area contributed by atoms with Gasteiger partial charge >= 0.3 is 0 Å². The fourth-order valence-corrected chi connectivity index (χ4v) is 3.21. The van der Waals surface area contributed by atoms with E-state index in [0.717, 1.165) is 30.6 Å². The Kier molecular flexibility index (Phi) is 6.54. The topological polar surface area (TPSA) is 51.2 Å². The van der Waals surface area contributed by atoms with Crippen LogP contribution in [0.3, 0.4) is 0 Å². The summed E-state index contributed by atoms with van der Waals surface area (Å²) in [6.07, 6.45) is 3.33. The Morgan fingerprint density at radius 3 is 2.56 bits per heavy atom. The van der Waals surface area contributed by atoms with Crippen molar-refractivity contribution in [3.8, 4) is 17.0 Å². The second kappa shape index (κ2) is 9.28. The molecule has 0 spiro atoms. The Morgan fingerprint density at radius 2 is 1.85 bits per heavy atom. The molecule has 6 heteroatoms. The SMILES string of the molecule is CCCCCOc1ccc(C(=O)Nc2nc(-c3ccc(F)cc3)cs2)cc1. The highest BCUT2D eigenvalue weighted by Crippen LogP contribution is 2.25. The molecule has 0 fully saturated rings. The summed E-state index contributed by atoms with van der Waals surface area (Å²) in [7, 11) is 0. The van der Waals surface area contributed by atoms with Gasteiger partial charge in [-0.15, -0.1) is 11.3 Å². The second-order valence-corrected chi connectivity index (χ2v) is 6.94. The number of halogens is 1. The smallest absolute Gasteiger partial charge is 0.257 e. The number of thiazole rings is 1. The van der Waals surface area contributed by atoms with Crippen molar-refractivity contribution in [2.45, 2.75) is 26.2 Å². The number of rotatable bonds is 8. The van der Waals surface area contributed by atoms with Gasteiger partial charge in [0.15, 0.2) is 5.13 Å². The van der Waals surface area contributed by atoms with Crippen LogP contribution in [0.4, 0.5) is 9.52 Å². The predicted octanol–water partition coefficient (Wildman–Crippen LogP) is 5.77. The number of nitrogens with zero attached hydrogens (tertiary/aromatic N) is 1. The number of carbonyl (C=O) groups is 1. The van der Waals surface area contributed by atoms with Gasteiger partial charge in [0.1, 0.15) is 11.6 Å². The van der Waals surface area contributed by atoms with Crippen molar-refractivity contribution in [1.82, 2.24) is 4.98 Å². The molecule has 0 saturated heterocycles. The molecule has 0 aliphatic carbocycles. The highest BCUT2D eigenvalue weighted by atomic mass is 32.1. The van der Waals surface area contributed by atoms with Gasteiger partial charge in [0.2, 0.25) is 0 Å². The number of hydrogen-bond donors (Lipinski definition) is 1. The summed E-state index contributed by atoms with van der Waals surface area (Å²) in [6, 6.07) is 13.2. The first kappa shape index (κ1) is 19.0. The van der Waals surface area contributed by atoms with Crippen molar-refractivity contribution >= 4 is 22.4 Å². The average Bonchev–Trinajstić information content (AvgIpc) is 3.15. The molecule has 27 heavy (non-hydrogen) atoms. The molecule has 0 radical (unpaired) electrons. The molecule has 3 aromatic rings. The number of aromatic nitrogens is 1. The van der Waals surface area contributed by atoms with E-state index in [1.807, 2.05) is 5.38 Å². The lowest BCUT2D eigenvalue weighted by Gasteiger charge is -2.07. The molecule has 3 rings (SSSR count). The molecular weight excluding hydrogens is 363 g/mol. The van der Waals surface area contributed by atoms with Gasteiger partial charge in [0, 0.05) is 16.5 Å². The Balaban J connectivity index is 1.58. The molecule has 0 saturated carbocycles. The lowest BCUT2D eigenvalue weighted by atomic mass is 10.2. The van der Waals surface area contributed by atoms with E-state index in [0.29, 0.717) is 23.0 Å². The van der Waals surface area contributed by atoms with Crippen molar-refractivity contribution in [3.63, 3.8) is 0 Å². The van der Waals surface area contributed by atoms with Crippen molar-refractivity contribution < 1.29 is 13.9 Å². The fourth-order valence-electron chi connectivity index (χ4n) is 2.50. The van der Waals surface area contributed by atoms with E-state index in [1.54, 1.807) is 36.4 Å². The first-order chi connectivity index (χ1) is 13.2. The van der Waals surface area contributed by atoms with E-state index < -0.39 is 0 Å². The number of unbranched alkanes of at least 4 members (excludes halogenated alkanes) is 2. The van der Waals surface area contributed by atoms with E-state index in [-0.39, 0.29) is 11.7 Å². The molecule has 0 bridgehead atoms. The molecule has 0 aliphatic rings. The van der Waals surface area contributed by atoms with Crippen LogP contribution in [-0.2, 0) is 0 Å². The second-order valence-electron chi connectivity index (χ2n) is 6.08. The molecule has 1 N–H and O–H groups in total. The first-order valence-electron chi connectivity index (χ1n) is 8.91. The number of amides is 1. The van der Waals surface area contributed by atoms with Gasteiger partial charge in [0.25, 0.3) is 5.91 Å². The average molecular weight is 384 g/mol. The monoisotopic (exact) mass is 384 g/mol. The highest BCUT2D eigenvalue weighted by molar-refractivity contribution is 7.14. The summed E-state index contributed by atoms with van der Waals surface area (Å²) >= 11 is 1.33. The standard InChI is InChI=1S/C21H21FN2O2S/c1-2-3-4-13-26-18-11-7-16(8-12-18)20(25)24-21-23-19(14-27-21)15-5-9-17(22)10-6-15/h5-12,14H,2-4,13H2,1H3,(H,23,24,25). The maximum atomic E-state index is 13.0. The Bertz CT molecular complexity index is 876. The zero-order chi connectivity index (χ0) is 19.1. The molecular formula is C21H21FN2O2S. The zero-order valence-electron chi connectivity index (χ0n) is 15.1. The summed E-state index contributed by atoms with van der Waals surface area (Å²) in [5.41, 5.74) is 2.04. The van der Waals surface area contributed by atoms with Gasteiger partial charge in [-0.2, -0.15) is 0 Å². The van der Waals surface area contributed by atoms with Crippen molar-refractivity contribution in [3.05, 3.63) is 65.3 Å². The number of carbonyl (C=O) groups excluding carboxylic acids is 1. The minimum atomic E-state index is -0.291. The van der Waals surface area contributed by atoms with Crippen LogP contribution in [0.25, 0.3) is 11.3 Å². The van der Waals surface area contributed by atoms with Crippen LogP contribution in [0, 0.1) is 5.82 Å². The predicted molar refractivity (Wildman–Crippen MR) is 107 cm³/mol. The largest absolute Gasteiger partial charge is 0.494 e. The summed E-state index contributed by atoms with van der Waals surface area (Å²) in [5, 5.41) is 5.12. The molecule has 0 atom stereocenters. The third-order valence-corrected chi connectivity index (χ3v) is 4.76. The molecule has 4 nitrogen and oxygen atoms in total. The van der Waals surface area contributed by atoms with Crippen molar-refractivity contribution in [1.29, 1.82) is 0 Å². The van der Waals surface area contributed by atoms with Gasteiger partial charge in [0.05, 0.1) is 12.3 Å². The van der Waals surface area contributed by atoms with E-state index in [9.17, 15) is 9.18 Å². The molecule has 1 aromatic heterocycles. The minimum absolute atomic E-state index is 0.229. The summed E-state index contributed by atoms with van der Waals surface area (Å²) in [4.78, 5) is 16.8. The van der Waals surface area contributed by atoms with Crippen molar-refractivity contribution in [2.24, 2.45) is 0 Å². The van der Waals surface area contributed by atoms with Crippen LogP contribution >= 0.6 is 11.3 Å². The van der Waals surface area contributed by atoms with Gasteiger partial charge in [-0.1, -0.05) is 19.8 Å². The van der Waals surface area contributed by atoms with E-state index in [2.05, 4.69) is 17.2 Å². The molecule has 0 unspecified atom stereocenters. The van der Waals surface area contributed by atoms with Crippen LogP contribution in [0.1, 0.15) is 36.5 Å². The number of hydrogen-bond acceptors (Lipinski definition) is 4. The molecule has 0 aliphatic heterocycles. The number of ether oxygens (including phenoxy) is 1. The highest BCUT2D eigenvalue weighted by Gasteiger charge is 2.10. The molecule has 1 amide bonds. The van der Waals surface area contributed by atoms with Gasteiger partial charge in [-0.3, -0.25) is 10.1 Å². The van der Waals surface area contributed by atoms with Gasteiger partial charge in [-0.05, 0) is 55.0 Å². The quantitative estimate of drug-likeness (QED) is 0.502. The van der Waals surface area contributed by atoms with Crippen molar-refractivity contribution in [2.75, 3.05) is 11.9 Å². The van der Waals surface area contributed by atoms with Gasteiger partial charge in [-0.25, -0.2) is 9.37 Å². The van der Waals surface area contributed by atoms with Crippen LogP contribution in [0.5, 0.6) is 5.75 Å². The summed E-state index contributed by atoms with van der Waals surface area (Å²) < 4.78 is 18.7. The Labute approximate surface area is 162 Å². The minimum Gasteiger partial charge on any atom is -0.494 e. The maximum Gasteiger partial charge on any atom is 0.257 e. The summed E-state index contributed by atoms with van der Waals surface area (Å²) in [6.45, 7) is 2.84. The molecule has 1 heterocycles. The number of nitrogens with one attached hydrogen (secondary N) is 1.